The highest BCUT2D eigenvalue weighted by atomic mass is 16.5. The lowest BCUT2D eigenvalue weighted by Gasteiger charge is -2.31. The second kappa shape index (κ2) is 6.18. The van der Waals surface area contributed by atoms with E-state index < -0.39 is 5.41 Å². The third-order valence-electron chi connectivity index (χ3n) is 4.29. The van der Waals surface area contributed by atoms with E-state index in [1.807, 2.05) is 25.1 Å². The fraction of sp³-hybridized carbons (Fsp3) is 0.611. The van der Waals surface area contributed by atoms with Crippen molar-refractivity contribution in [3.63, 3.8) is 0 Å². The molecule has 0 unspecified atom stereocenters. The maximum absolute atomic E-state index is 12.8. The number of carbonyl (C=O) groups excluding carboxylic acids is 1. The van der Waals surface area contributed by atoms with Gasteiger partial charge in [0.2, 0.25) is 0 Å². The molecular weight excluding hydrogens is 262 g/mol. The number of quaternary nitrogens is 1. The van der Waals surface area contributed by atoms with Crippen LogP contribution in [-0.4, -0.2) is 44.2 Å². The molecule has 1 aliphatic carbocycles. The van der Waals surface area contributed by atoms with Crippen LogP contribution in [0, 0.1) is 0 Å². The Balaban J connectivity index is 2.14. The molecule has 0 heterocycles. The monoisotopic (exact) mass is 290 g/mol. The first-order chi connectivity index (χ1) is 9.83. The molecule has 0 N–H and O–H groups in total. The van der Waals surface area contributed by atoms with Gasteiger partial charge in [0.15, 0.2) is 0 Å². The number of hydrogen-bond acceptors (Lipinski definition) is 2. The zero-order valence-electron chi connectivity index (χ0n) is 13.8. The van der Waals surface area contributed by atoms with Gasteiger partial charge in [-0.15, -0.1) is 0 Å². The van der Waals surface area contributed by atoms with Crippen LogP contribution in [0.15, 0.2) is 30.3 Å². The highest BCUT2D eigenvalue weighted by Gasteiger charge is 2.44. The summed E-state index contributed by atoms with van der Waals surface area (Å²) >= 11 is 0. The summed E-state index contributed by atoms with van der Waals surface area (Å²) in [5.41, 5.74) is 0.699. The fourth-order valence-electron chi connectivity index (χ4n) is 3.45. The van der Waals surface area contributed by atoms with E-state index in [4.69, 9.17) is 4.74 Å². The second-order valence-corrected chi connectivity index (χ2v) is 7.34. The van der Waals surface area contributed by atoms with Crippen molar-refractivity contribution < 1.29 is 14.0 Å². The SMILES string of the molecule is C[C@H](C[N+](C)(C)C)OC(=O)C1(c2ccccc2)CCCC1. The van der Waals surface area contributed by atoms with E-state index in [1.54, 1.807) is 0 Å². The van der Waals surface area contributed by atoms with E-state index in [2.05, 4.69) is 33.3 Å². The van der Waals surface area contributed by atoms with Gasteiger partial charge in [0.25, 0.3) is 0 Å². The van der Waals surface area contributed by atoms with Gasteiger partial charge < -0.3 is 9.22 Å². The van der Waals surface area contributed by atoms with Gasteiger partial charge in [0.05, 0.1) is 26.6 Å². The second-order valence-electron chi connectivity index (χ2n) is 7.34. The van der Waals surface area contributed by atoms with Crippen molar-refractivity contribution in [1.82, 2.24) is 0 Å². The average molecular weight is 290 g/mol. The van der Waals surface area contributed by atoms with Crippen LogP contribution in [0.25, 0.3) is 0 Å². The number of hydrogen-bond donors (Lipinski definition) is 0. The van der Waals surface area contributed by atoms with Crippen LogP contribution in [0.3, 0.4) is 0 Å². The predicted octanol–water partition coefficient (Wildman–Crippen LogP) is 3.14. The number of carbonyl (C=O) groups is 1. The minimum Gasteiger partial charge on any atom is -0.456 e. The van der Waals surface area contributed by atoms with E-state index >= 15 is 0 Å². The van der Waals surface area contributed by atoms with Crippen LogP contribution in [0.4, 0.5) is 0 Å². The Kier molecular flexibility index (Phi) is 4.72. The fourth-order valence-corrected chi connectivity index (χ4v) is 3.45. The lowest BCUT2D eigenvalue weighted by atomic mass is 9.79. The molecule has 0 radical (unpaired) electrons. The molecule has 116 valence electrons. The van der Waals surface area contributed by atoms with Crippen molar-refractivity contribution in [1.29, 1.82) is 0 Å². The van der Waals surface area contributed by atoms with Crippen molar-refractivity contribution in [2.24, 2.45) is 0 Å². The number of ether oxygens (including phenoxy) is 1. The summed E-state index contributed by atoms with van der Waals surface area (Å²) in [4.78, 5) is 12.8. The number of likely N-dealkylation sites (N-methyl/N-ethyl adjacent to an activating group) is 1. The Morgan fingerprint density at radius 3 is 2.29 bits per heavy atom. The van der Waals surface area contributed by atoms with E-state index in [0.717, 1.165) is 42.3 Å². The van der Waals surface area contributed by atoms with Gasteiger partial charge in [-0.1, -0.05) is 43.2 Å². The third-order valence-corrected chi connectivity index (χ3v) is 4.29. The van der Waals surface area contributed by atoms with Crippen molar-refractivity contribution in [2.75, 3.05) is 27.7 Å². The molecule has 1 atom stereocenters. The standard InChI is InChI=1S/C18H28NO2/c1-15(14-19(2,3)4)21-17(20)18(12-8-9-13-18)16-10-6-5-7-11-16/h5-7,10-11,15H,8-9,12-14H2,1-4H3/q+1/t15-/m1/s1. The highest BCUT2D eigenvalue weighted by Crippen LogP contribution is 2.42. The first-order valence-electron chi connectivity index (χ1n) is 7.91. The van der Waals surface area contributed by atoms with Crippen molar-refractivity contribution in [2.45, 2.75) is 44.1 Å². The lowest BCUT2D eigenvalue weighted by Crippen LogP contribution is -2.44. The summed E-state index contributed by atoms with van der Waals surface area (Å²) < 4.78 is 6.61. The first-order valence-corrected chi connectivity index (χ1v) is 7.91. The van der Waals surface area contributed by atoms with Crippen molar-refractivity contribution in [3.8, 4) is 0 Å². The van der Waals surface area contributed by atoms with Crippen LogP contribution in [0.1, 0.15) is 38.2 Å². The summed E-state index contributed by atoms with van der Waals surface area (Å²) in [5, 5.41) is 0. The largest absolute Gasteiger partial charge is 0.456 e. The third kappa shape index (κ3) is 3.85. The van der Waals surface area contributed by atoms with Gasteiger partial charge in [0, 0.05) is 0 Å². The minimum atomic E-state index is -0.416. The van der Waals surface area contributed by atoms with Crippen LogP contribution < -0.4 is 0 Å². The summed E-state index contributed by atoms with van der Waals surface area (Å²) in [6, 6.07) is 10.2. The zero-order chi connectivity index (χ0) is 15.5. The molecule has 21 heavy (non-hydrogen) atoms. The van der Waals surface area contributed by atoms with Gasteiger partial charge in [-0.3, -0.25) is 4.79 Å². The minimum absolute atomic E-state index is 0.0350. The van der Waals surface area contributed by atoms with Crippen LogP contribution in [0.2, 0.25) is 0 Å². The molecule has 2 rings (SSSR count). The first kappa shape index (κ1) is 16.0. The Hall–Kier alpha value is -1.35. The van der Waals surface area contributed by atoms with E-state index in [1.165, 1.54) is 0 Å². The lowest BCUT2D eigenvalue weighted by molar-refractivity contribution is -0.873. The van der Waals surface area contributed by atoms with Crippen molar-refractivity contribution >= 4 is 5.97 Å². The maximum Gasteiger partial charge on any atom is 0.317 e. The molecule has 0 amide bonds. The van der Waals surface area contributed by atoms with Gasteiger partial charge >= 0.3 is 5.97 Å². The van der Waals surface area contributed by atoms with Gasteiger partial charge in [-0.05, 0) is 25.3 Å². The van der Waals surface area contributed by atoms with Gasteiger partial charge in [-0.25, -0.2) is 0 Å². The Labute approximate surface area is 128 Å². The molecule has 0 bridgehead atoms. The molecule has 0 saturated heterocycles. The van der Waals surface area contributed by atoms with E-state index in [0.29, 0.717) is 0 Å². The normalized spacial score (nSPS) is 19.2. The topological polar surface area (TPSA) is 26.3 Å². The molecule has 3 nitrogen and oxygen atoms in total. The number of nitrogens with zero attached hydrogens (tertiary/aromatic N) is 1. The average Bonchev–Trinajstić information content (AvgIpc) is 2.88. The van der Waals surface area contributed by atoms with Crippen LogP contribution in [-0.2, 0) is 14.9 Å². The number of esters is 1. The Bertz CT molecular complexity index is 470. The summed E-state index contributed by atoms with van der Waals surface area (Å²) in [5.74, 6) is -0.0350. The molecule has 0 aromatic heterocycles. The molecular formula is C18H28NO2+. The van der Waals surface area contributed by atoms with Crippen LogP contribution >= 0.6 is 0 Å². The number of rotatable bonds is 5. The van der Waals surface area contributed by atoms with Crippen LogP contribution in [0.5, 0.6) is 0 Å². The maximum atomic E-state index is 12.8. The smallest absolute Gasteiger partial charge is 0.317 e. The molecule has 1 aromatic carbocycles. The van der Waals surface area contributed by atoms with Gasteiger partial charge in [0.1, 0.15) is 12.6 Å². The molecule has 1 saturated carbocycles. The van der Waals surface area contributed by atoms with Crippen molar-refractivity contribution in [3.05, 3.63) is 35.9 Å². The highest BCUT2D eigenvalue weighted by molar-refractivity contribution is 5.83. The molecule has 3 heteroatoms. The molecule has 1 aliphatic rings. The van der Waals surface area contributed by atoms with E-state index in [9.17, 15) is 4.79 Å². The summed E-state index contributed by atoms with van der Waals surface area (Å²) in [6.45, 7) is 2.83. The Morgan fingerprint density at radius 2 is 1.76 bits per heavy atom. The summed E-state index contributed by atoms with van der Waals surface area (Å²) in [7, 11) is 6.35. The molecule has 1 aromatic rings. The van der Waals surface area contributed by atoms with E-state index in [-0.39, 0.29) is 12.1 Å². The molecule has 0 aliphatic heterocycles. The molecule has 1 fully saturated rings. The molecule has 0 spiro atoms. The summed E-state index contributed by atoms with van der Waals surface area (Å²) in [6.07, 6.45) is 3.97. The number of benzene rings is 1. The zero-order valence-corrected chi connectivity index (χ0v) is 13.8. The van der Waals surface area contributed by atoms with Gasteiger partial charge in [-0.2, -0.15) is 0 Å². The predicted molar refractivity (Wildman–Crippen MR) is 85.0 cm³/mol. The quantitative estimate of drug-likeness (QED) is 0.615. The Morgan fingerprint density at radius 1 is 1.19 bits per heavy atom.